The van der Waals surface area contributed by atoms with Gasteiger partial charge in [0.05, 0.1) is 11.7 Å². The van der Waals surface area contributed by atoms with Gasteiger partial charge in [-0.25, -0.2) is 4.79 Å². The van der Waals surface area contributed by atoms with Crippen LogP contribution in [0.4, 0.5) is 16.2 Å². The summed E-state index contributed by atoms with van der Waals surface area (Å²) in [7, 11) is 3.40. The first-order chi connectivity index (χ1) is 15.8. The van der Waals surface area contributed by atoms with Crippen LogP contribution in [0.25, 0.3) is 0 Å². The Morgan fingerprint density at radius 1 is 1.15 bits per heavy atom. The number of hydrogen-bond donors (Lipinski definition) is 3. The maximum Gasteiger partial charge on any atom is 0.323 e. The average Bonchev–Trinajstić information content (AvgIpc) is 2.80. The zero-order valence-corrected chi connectivity index (χ0v) is 20.1. The molecule has 33 heavy (non-hydrogen) atoms. The summed E-state index contributed by atoms with van der Waals surface area (Å²) in [5.41, 5.74) is 1.45. The second-order valence-electron chi connectivity index (χ2n) is 8.35. The number of nitrogens with one attached hydrogen (secondary N) is 3. The van der Waals surface area contributed by atoms with Crippen LogP contribution < -0.4 is 20.7 Å². The molecule has 3 rings (SSSR count). The molecule has 1 aliphatic heterocycles. The molecular formula is C24H31ClN4O4. The van der Waals surface area contributed by atoms with Crippen molar-refractivity contribution in [1.82, 2.24) is 10.2 Å². The Kier molecular flexibility index (Phi) is 8.55. The number of carbonyl (C=O) groups excluding carboxylic acids is 2. The van der Waals surface area contributed by atoms with Crippen molar-refractivity contribution in [3.63, 3.8) is 0 Å². The quantitative estimate of drug-likeness (QED) is 0.623. The summed E-state index contributed by atoms with van der Waals surface area (Å²) in [4.78, 5) is 27.4. The van der Waals surface area contributed by atoms with Crippen LogP contribution in [0.5, 0.6) is 5.75 Å². The van der Waals surface area contributed by atoms with E-state index in [-0.39, 0.29) is 24.0 Å². The zero-order valence-electron chi connectivity index (χ0n) is 19.4. The number of anilines is 2. The first-order valence-corrected chi connectivity index (χ1v) is 11.3. The first-order valence-electron chi connectivity index (χ1n) is 10.9. The Morgan fingerprint density at radius 3 is 2.52 bits per heavy atom. The van der Waals surface area contributed by atoms with Crippen LogP contribution in [0.15, 0.2) is 42.5 Å². The predicted molar refractivity (Wildman–Crippen MR) is 130 cm³/mol. The number of amides is 3. The molecule has 0 aliphatic carbocycles. The largest absolute Gasteiger partial charge is 0.491 e. The average molecular weight is 475 g/mol. The van der Waals surface area contributed by atoms with Crippen molar-refractivity contribution in [2.45, 2.75) is 26.0 Å². The Bertz CT molecular complexity index is 969. The number of halogens is 1. The topological polar surface area (TPSA) is 91.9 Å². The number of methoxy groups -OCH3 is 1. The maximum atomic E-state index is 13.3. The lowest BCUT2D eigenvalue weighted by molar-refractivity contribution is 0.0281. The molecule has 0 bridgehead atoms. The first kappa shape index (κ1) is 24.8. The van der Waals surface area contributed by atoms with Gasteiger partial charge >= 0.3 is 6.03 Å². The van der Waals surface area contributed by atoms with Crippen LogP contribution in [0.1, 0.15) is 24.2 Å². The van der Waals surface area contributed by atoms with Gasteiger partial charge in [-0.3, -0.25) is 4.79 Å². The van der Waals surface area contributed by atoms with Crippen molar-refractivity contribution in [3.8, 4) is 5.75 Å². The predicted octanol–water partition coefficient (Wildman–Crippen LogP) is 4.08. The van der Waals surface area contributed by atoms with Crippen LogP contribution in [0.3, 0.4) is 0 Å². The molecule has 0 unspecified atom stereocenters. The Hall–Kier alpha value is -2.81. The van der Waals surface area contributed by atoms with E-state index in [9.17, 15) is 9.59 Å². The van der Waals surface area contributed by atoms with Gasteiger partial charge < -0.3 is 30.3 Å². The molecule has 0 fully saturated rings. The summed E-state index contributed by atoms with van der Waals surface area (Å²) in [6.07, 6.45) is -0.117. The highest BCUT2D eigenvalue weighted by molar-refractivity contribution is 6.30. The Balaban J connectivity index is 1.81. The number of hydrogen-bond acceptors (Lipinski definition) is 5. The number of fused-ring (bicyclic) bond motifs is 1. The molecule has 9 heteroatoms. The van der Waals surface area contributed by atoms with Gasteiger partial charge in [0.2, 0.25) is 0 Å². The van der Waals surface area contributed by atoms with Gasteiger partial charge in [-0.1, -0.05) is 18.5 Å². The number of ether oxygens (including phenoxy) is 2. The fourth-order valence-electron chi connectivity index (χ4n) is 3.56. The third-order valence-electron chi connectivity index (χ3n) is 5.58. The molecule has 8 nitrogen and oxygen atoms in total. The van der Waals surface area contributed by atoms with E-state index in [1.54, 1.807) is 61.5 Å². The van der Waals surface area contributed by atoms with Gasteiger partial charge in [0.15, 0.2) is 0 Å². The van der Waals surface area contributed by atoms with E-state index in [1.807, 2.05) is 6.92 Å². The summed E-state index contributed by atoms with van der Waals surface area (Å²) >= 11 is 5.88. The molecule has 0 spiro atoms. The van der Waals surface area contributed by atoms with Gasteiger partial charge in [0.25, 0.3) is 5.91 Å². The number of carbonyl (C=O) groups is 2. The molecule has 0 saturated heterocycles. The van der Waals surface area contributed by atoms with Crippen molar-refractivity contribution < 1.29 is 19.1 Å². The van der Waals surface area contributed by atoms with Crippen LogP contribution >= 0.6 is 11.6 Å². The molecule has 2 aromatic rings. The Labute approximate surface area is 199 Å². The van der Waals surface area contributed by atoms with Crippen molar-refractivity contribution >= 4 is 34.9 Å². The van der Waals surface area contributed by atoms with E-state index in [0.29, 0.717) is 40.9 Å². The number of benzene rings is 2. The van der Waals surface area contributed by atoms with E-state index in [1.165, 1.54) is 0 Å². The van der Waals surface area contributed by atoms with Gasteiger partial charge in [0, 0.05) is 49.7 Å². The van der Waals surface area contributed by atoms with E-state index in [2.05, 4.69) is 22.9 Å². The van der Waals surface area contributed by atoms with E-state index in [0.717, 1.165) is 6.54 Å². The highest BCUT2D eigenvalue weighted by Crippen LogP contribution is 2.26. The minimum absolute atomic E-state index is 0.0908. The summed E-state index contributed by atoms with van der Waals surface area (Å²) in [6.45, 7) is 5.71. The van der Waals surface area contributed by atoms with Crippen molar-refractivity contribution in [2.24, 2.45) is 5.92 Å². The standard InChI is InChI=1S/C24H31ClN4O4/c1-15-12-26-16(2)14-33-21-10-9-19(11-20(21)23(30)29(3)13-22(15)32-4)28-24(31)27-18-7-5-17(25)6-8-18/h5-11,15-16,22,26H,12-14H2,1-4H3,(H2,27,28,31)/t15-,16+,22+/m1/s1. The van der Waals surface area contributed by atoms with Crippen LogP contribution in [0.2, 0.25) is 5.02 Å². The van der Waals surface area contributed by atoms with E-state index in [4.69, 9.17) is 21.1 Å². The summed E-state index contributed by atoms with van der Waals surface area (Å²) in [5, 5.41) is 9.54. The van der Waals surface area contributed by atoms with Crippen molar-refractivity contribution in [1.29, 1.82) is 0 Å². The normalized spacial score (nSPS) is 21.8. The molecule has 3 atom stereocenters. The number of nitrogens with zero attached hydrogens (tertiary/aromatic N) is 1. The third kappa shape index (κ3) is 6.83. The fourth-order valence-corrected chi connectivity index (χ4v) is 3.69. The molecule has 0 aromatic heterocycles. The molecule has 1 aliphatic rings. The number of urea groups is 1. The van der Waals surface area contributed by atoms with Gasteiger partial charge in [-0.15, -0.1) is 0 Å². The lowest BCUT2D eigenvalue weighted by atomic mass is 10.0. The minimum Gasteiger partial charge on any atom is -0.491 e. The van der Waals surface area contributed by atoms with Gasteiger partial charge in [-0.2, -0.15) is 0 Å². The second kappa shape index (κ2) is 11.4. The molecular weight excluding hydrogens is 444 g/mol. The highest BCUT2D eigenvalue weighted by Gasteiger charge is 2.25. The lowest BCUT2D eigenvalue weighted by Crippen LogP contribution is -2.44. The van der Waals surface area contributed by atoms with Gasteiger partial charge in [-0.05, 0) is 55.3 Å². The van der Waals surface area contributed by atoms with Gasteiger partial charge in [0.1, 0.15) is 12.4 Å². The molecule has 1 heterocycles. The zero-order chi connectivity index (χ0) is 24.0. The second-order valence-corrected chi connectivity index (χ2v) is 8.79. The number of likely N-dealkylation sites (N-methyl/N-ethyl adjacent to an activating group) is 1. The molecule has 3 amide bonds. The monoisotopic (exact) mass is 474 g/mol. The van der Waals surface area contributed by atoms with Crippen LogP contribution in [0, 0.1) is 5.92 Å². The van der Waals surface area contributed by atoms with Crippen molar-refractivity contribution in [3.05, 3.63) is 53.1 Å². The SMILES string of the molecule is CO[C@H]1CN(C)C(=O)c2cc(NC(=O)Nc3ccc(Cl)cc3)ccc2OC[C@H](C)NC[C@H]1C. The summed E-state index contributed by atoms with van der Waals surface area (Å²) in [5.74, 6) is 0.463. The van der Waals surface area contributed by atoms with E-state index < -0.39 is 6.03 Å². The van der Waals surface area contributed by atoms with Crippen LogP contribution in [-0.4, -0.2) is 62.8 Å². The highest BCUT2D eigenvalue weighted by atomic mass is 35.5. The number of rotatable bonds is 3. The molecule has 0 saturated carbocycles. The van der Waals surface area contributed by atoms with E-state index >= 15 is 0 Å². The summed E-state index contributed by atoms with van der Waals surface area (Å²) in [6, 6.07) is 11.5. The molecule has 3 N–H and O–H groups in total. The van der Waals surface area contributed by atoms with Crippen molar-refractivity contribution in [2.75, 3.05) is 44.5 Å². The molecule has 178 valence electrons. The molecule has 2 aromatic carbocycles. The Morgan fingerprint density at radius 2 is 1.82 bits per heavy atom. The lowest BCUT2D eigenvalue weighted by Gasteiger charge is -2.30. The summed E-state index contributed by atoms with van der Waals surface area (Å²) < 4.78 is 11.6. The minimum atomic E-state index is -0.432. The maximum absolute atomic E-state index is 13.3. The smallest absolute Gasteiger partial charge is 0.323 e. The fraction of sp³-hybridized carbons (Fsp3) is 0.417. The third-order valence-corrected chi connectivity index (χ3v) is 5.84. The van der Waals surface area contributed by atoms with Crippen LogP contribution in [-0.2, 0) is 4.74 Å². The molecule has 0 radical (unpaired) electrons.